The summed E-state index contributed by atoms with van der Waals surface area (Å²) in [4.78, 5) is 19.3. The molecule has 3 unspecified atom stereocenters. The molecule has 3 aromatic rings. The van der Waals surface area contributed by atoms with Crippen LogP contribution in [0, 0.1) is 17.2 Å². The highest BCUT2D eigenvalue weighted by molar-refractivity contribution is 6.33. The normalized spacial score (nSPS) is 18.5. The Labute approximate surface area is 253 Å². The molecule has 2 heterocycles. The SMILES string of the molecule is CCOc1cc2ncc(C#N)c(Nc3ccc(OCC4NC(C)CCC4C)cc3Cl)c2cc1NC(=O)CCCN(C)C. The summed E-state index contributed by atoms with van der Waals surface area (Å²) in [6.07, 6.45) is 4.99. The lowest BCUT2D eigenvalue weighted by molar-refractivity contribution is -0.116. The van der Waals surface area contributed by atoms with E-state index in [1.165, 1.54) is 19.0 Å². The number of hydrogen-bond acceptors (Lipinski definition) is 8. The van der Waals surface area contributed by atoms with Crippen LogP contribution >= 0.6 is 11.6 Å². The van der Waals surface area contributed by atoms with E-state index in [9.17, 15) is 10.1 Å². The highest BCUT2D eigenvalue weighted by atomic mass is 35.5. The van der Waals surface area contributed by atoms with E-state index in [1.807, 2.05) is 38.1 Å². The number of anilines is 3. The van der Waals surface area contributed by atoms with Gasteiger partial charge in [-0.25, -0.2) is 0 Å². The van der Waals surface area contributed by atoms with Gasteiger partial charge in [0, 0.05) is 42.2 Å². The van der Waals surface area contributed by atoms with Gasteiger partial charge in [-0.15, -0.1) is 0 Å². The predicted molar refractivity (Wildman–Crippen MR) is 169 cm³/mol. The summed E-state index contributed by atoms with van der Waals surface area (Å²) in [5.74, 6) is 1.63. The largest absolute Gasteiger partial charge is 0.492 e. The summed E-state index contributed by atoms with van der Waals surface area (Å²) in [6, 6.07) is 12.1. The van der Waals surface area contributed by atoms with E-state index in [1.54, 1.807) is 18.2 Å². The number of fused-ring (bicyclic) bond motifs is 1. The fraction of sp³-hybridized carbons (Fsp3) is 0.469. The molecule has 0 bridgehead atoms. The van der Waals surface area contributed by atoms with Gasteiger partial charge in [-0.1, -0.05) is 18.5 Å². The highest BCUT2D eigenvalue weighted by Crippen LogP contribution is 2.38. The molecule has 1 saturated heterocycles. The van der Waals surface area contributed by atoms with Gasteiger partial charge in [-0.2, -0.15) is 5.26 Å². The van der Waals surface area contributed by atoms with E-state index in [2.05, 4.69) is 40.9 Å². The molecule has 1 fully saturated rings. The Hall–Kier alpha value is -3.58. The first kappa shape index (κ1) is 31.4. The van der Waals surface area contributed by atoms with Crippen molar-refractivity contribution in [1.29, 1.82) is 5.26 Å². The van der Waals surface area contributed by atoms with Crippen molar-refractivity contribution in [3.8, 4) is 17.6 Å². The monoisotopic (exact) mass is 592 g/mol. The maximum atomic E-state index is 12.7. The molecule has 3 N–H and O–H groups in total. The van der Waals surface area contributed by atoms with Crippen LogP contribution in [0.15, 0.2) is 36.5 Å². The Balaban J connectivity index is 1.58. The number of hydrogen-bond donors (Lipinski definition) is 3. The summed E-state index contributed by atoms with van der Waals surface area (Å²) in [5.41, 5.74) is 2.64. The molecular formula is C32H41ClN6O3. The first-order chi connectivity index (χ1) is 20.2. The Morgan fingerprint density at radius 2 is 2.00 bits per heavy atom. The third-order valence-electron chi connectivity index (χ3n) is 7.54. The Bertz CT molecular complexity index is 1440. The number of amides is 1. The number of pyridine rings is 1. The molecule has 9 nitrogen and oxygen atoms in total. The summed E-state index contributed by atoms with van der Waals surface area (Å²) in [5, 5.41) is 21.0. The molecule has 0 aliphatic carbocycles. The number of rotatable bonds is 12. The molecule has 0 radical (unpaired) electrons. The standard InChI is InChI=1S/C32H41ClN6O3/c1-6-41-30-16-27-24(15-28(30)37-31(40)8-7-13-39(4)5)32(22(17-34)18-35-27)38-26-12-11-23(14-25(26)33)42-19-29-20(2)9-10-21(3)36-29/h11-12,14-16,18,20-21,29,36H,6-10,13,19H2,1-5H3,(H,35,38)(H,37,40). The van der Waals surface area contributed by atoms with Crippen LogP contribution in [-0.2, 0) is 4.79 Å². The number of aromatic nitrogens is 1. The van der Waals surface area contributed by atoms with Crippen molar-refractivity contribution in [2.75, 3.05) is 44.5 Å². The number of nitrogens with one attached hydrogen (secondary N) is 3. The second-order valence-corrected chi connectivity index (χ2v) is 11.6. The van der Waals surface area contributed by atoms with Crippen LogP contribution in [0.2, 0.25) is 5.02 Å². The number of nitriles is 1. The van der Waals surface area contributed by atoms with Crippen molar-refractivity contribution < 1.29 is 14.3 Å². The quantitative estimate of drug-likeness (QED) is 0.223. The minimum Gasteiger partial charge on any atom is -0.492 e. The van der Waals surface area contributed by atoms with Gasteiger partial charge in [0.2, 0.25) is 5.91 Å². The summed E-state index contributed by atoms with van der Waals surface area (Å²) in [6.45, 7) is 8.14. The van der Waals surface area contributed by atoms with Crippen LogP contribution in [-0.4, -0.2) is 61.7 Å². The third-order valence-corrected chi connectivity index (χ3v) is 7.86. The van der Waals surface area contributed by atoms with Crippen LogP contribution in [0.3, 0.4) is 0 Å². The van der Waals surface area contributed by atoms with Gasteiger partial charge in [0.25, 0.3) is 0 Å². The molecular weight excluding hydrogens is 552 g/mol. The van der Waals surface area contributed by atoms with E-state index in [0.29, 0.717) is 81.6 Å². The van der Waals surface area contributed by atoms with Gasteiger partial charge in [0.05, 0.1) is 39.8 Å². The molecule has 0 saturated carbocycles. The average Bonchev–Trinajstić information content (AvgIpc) is 2.95. The maximum Gasteiger partial charge on any atom is 0.224 e. The molecule has 224 valence electrons. The van der Waals surface area contributed by atoms with Crippen molar-refractivity contribution in [2.24, 2.45) is 5.92 Å². The van der Waals surface area contributed by atoms with Gasteiger partial charge in [-0.3, -0.25) is 9.78 Å². The molecule has 0 spiro atoms. The summed E-state index contributed by atoms with van der Waals surface area (Å²) < 4.78 is 11.9. The van der Waals surface area contributed by atoms with Crippen molar-refractivity contribution in [3.63, 3.8) is 0 Å². The maximum absolute atomic E-state index is 12.7. The number of benzene rings is 2. The van der Waals surface area contributed by atoms with Crippen LogP contribution in [0.25, 0.3) is 10.9 Å². The Morgan fingerprint density at radius 3 is 2.71 bits per heavy atom. The van der Waals surface area contributed by atoms with E-state index < -0.39 is 0 Å². The molecule has 2 aromatic carbocycles. The molecule has 1 aliphatic heterocycles. The first-order valence-electron chi connectivity index (χ1n) is 14.6. The van der Waals surface area contributed by atoms with Crippen molar-refractivity contribution in [2.45, 2.75) is 58.5 Å². The second-order valence-electron chi connectivity index (χ2n) is 11.2. The molecule has 1 aromatic heterocycles. The van der Waals surface area contributed by atoms with E-state index in [-0.39, 0.29) is 11.9 Å². The molecule has 42 heavy (non-hydrogen) atoms. The van der Waals surface area contributed by atoms with Crippen molar-refractivity contribution >= 4 is 45.5 Å². The van der Waals surface area contributed by atoms with Crippen LogP contribution in [0.1, 0.15) is 52.0 Å². The van der Waals surface area contributed by atoms with E-state index in [4.69, 9.17) is 21.1 Å². The number of carbonyl (C=O) groups excluding carboxylic acids is 1. The second kappa shape index (κ2) is 14.5. The molecule has 3 atom stereocenters. The van der Waals surface area contributed by atoms with E-state index >= 15 is 0 Å². The fourth-order valence-corrected chi connectivity index (χ4v) is 5.35. The Kier molecular flexibility index (Phi) is 10.9. The molecule has 4 rings (SSSR count). The number of halogens is 1. The smallest absolute Gasteiger partial charge is 0.224 e. The zero-order chi connectivity index (χ0) is 30.2. The van der Waals surface area contributed by atoms with Gasteiger partial charge >= 0.3 is 0 Å². The van der Waals surface area contributed by atoms with Crippen LogP contribution in [0.4, 0.5) is 17.1 Å². The zero-order valence-corrected chi connectivity index (χ0v) is 25.8. The number of piperidine rings is 1. The average molecular weight is 593 g/mol. The van der Waals surface area contributed by atoms with Crippen LogP contribution in [0.5, 0.6) is 11.5 Å². The molecule has 10 heteroatoms. The van der Waals surface area contributed by atoms with Gasteiger partial charge in [-0.05, 0) is 77.9 Å². The first-order valence-corrected chi connectivity index (χ1v) is 15.0. The minimum atomic E-state index is -0.109. The lowest BCUT2D eigenvalue weighted by atomic mass is 9.90. The predicted octanol–water partition coefficient (Wildman–Crippen LogP) is 6.34. The minimum absolute atomic E-state index is 0.109. The molecule has 1 amide bonds. The fourth-order valence-electron chi connectivity index (χ4n) is 5.13. The summed E-state index contributed by atoms with van der Waals surface area (Å²) in [7, 11) is 3.96. The third kappa shape index (κ3) is 8.03. The van der Waals surface area contributed by atoms with Crippen molar-refractivity contribution in [1.82, 2.24) is 15.2 Å². The lowest BCUT2D eigenvalue weighted by Crippen LogP contribution is -2.48. The highest BCUT2D eigenvalue weighted by Gasteiger charge is 2.25. The van der Waals surface area contributed by atoms with E-state index in [0.717, 1.165) is 13.0 Å². The Morgan fingerprint density at radius 1 is 1.19 bits per heavy atom. The van der Waals surface area contributed by atoms with Crippen LogP contribution < -0.4 is 25.4 Å². The van der Waals surface area contributed by atoms with Gasteiger partial charge in [0.15, 0.2) is 0 Å². The lowest BCUT2D eigenvalue weighted by Gasteiger charge is -2.34. The zero-order valence-electron chi connectivity index (χ0n) is 25.1. The van der Waals surface area contributed by atoms with Crippen molar-refractivity contribution in [3.05, 3.63) is 47.1 Å². The number of nitrogens with zero attached hydrogens (tertiary/aromatic N) is 3. The molecule has 1 aliphatic rings. The summed E-state index contributed by atoms with van der Waals surface area (Å²) >= 11 is 6.70. The number of carbonyl (C=O) groups is 1. The topological polar surface area (TPSA) is 112 Å². The number of ether oxygens (including phenoxy) is 2. The van der Waals surface area contributed by atoms with Gasteiger partial charge < -0.3 is 30.3 Å². The van der Waals surface area contributed by atoms with Gasteiger partial charge in [0.1, 0.15) is 24.2 Å².